The van der Waals surface area contributed by atoms with Crippen LogP contribution < -0.4 is 20.7 Å². The van der Waals surface area contributed by atoms with Gasteiger partial charge in [-0.25, -0.2) is 4.79 Å². The lowest BCUT2D eigenvalue weighted by molar-refractivity contribution is 0.102. The van der Waals surface area contributed by atoms with Gasteiger partial charge in [-0.15, -0.1) is 0 Å². The highest BCUT2D eigenvalue weighted by Crippen LogP contribution is 2.27. The van der Waals surface area contributed by atoms with E-state index in [0.29, 0.717) is 29.2 Å². The van der Waals surface area contributed by atoms with Crippen molar-refractivity contribution in [1.29, 1.82) is 0 Å². The van der Waals surface area contributed by atoms with Gasteiger partial charge in [0.15, 0.2) is 0 Å². The van der Waals surface area contributed by atoms with Gasteiger partial charge in [0.25, 0.3) is 5.91 Å². The number of urea groups is 1. The van der Waals surface area contributed by atoms with Gasteiger partial charge in [-0.3, -0.25) is 4.79 Å². The molecule has 0 spiro atoms. The van der Waals surface area contributed by atoms with E-state index < -0.39 is 0 Å². The Morgan fingerprint density at radius 2 is 1.66 bits per heavy atom. The first-order chi connectivity index (χ1) is 14.1. The van der Waals surface area contributed by atoms with Crippen LogP contribution in [0.15, 0.2) is 66.7 Å². The van der Waals surface area contributed by atoms with Crippen molar-refractivity contribution in [2.45, 2.75) is 13.3 Å². The average Bonchev–Trinajstić information content (AvgIpc) is 3.19. The number of fused-ring (bicyclic) bond motifs is 1. The first-order valence-electron chi connectivity index (χ1n) is 9.39. The van der Waals surface area contributed by atoms with Gasteiger partial charge in [0, 0.05) is 29.0 Å². The van der Waals surface area contributed by atoms with Gasteiger partial charge in [0.05, 0.1) is 6.61 Å². The minimum Gasteiger partial charge on any atom is -0.493 e. The van der Waals surface area contributed by atoms with Crippen LogP contribution in [0.3, 0.4) is 0 Å². The molecule has 29 heavy (non-hydrogen) atoms. The van der Waals surface area contributed by atoms with Gasteiger partial charge in [-0.1, -0.05) is 24.3 Å². The third-order valence-electron chi connectivity index (χ3n) is 4.73. The zero-order valence-electron chi connectivity index (χ0n) is 16.0. The summed E-state index contributed by atoms with van der Waals surface area (Å²) in [5.74, 6) is 0.641. The number of hydrogen-bond acceptors (Lipinski definition) is 3. The van der Waals surface area contributed by atoms with Gasteiger partial charge >= 0.3 is 6.03 Å². The van der Waals surface area contributed by atoms with Gasteiger partial charge in [-0.05, 0) is 60.5 Å². The first-order valence-corrected chi connectivity index (χ1v) is 9.39. The van der Waals surface area contributed by atoms with Gasteiger partial charge in [0.1, 0.15) is 5.75 Å². The van der Waals surface area contributed by atoms with Crippen molar-refractivity contribution in [1.82, 2.24) is 0 Å². The summed E-state index contributed by atoms with van der Waals surface area (Å²) in [5.41, 5.74) is 4.45. The number of benzene rings is 3. The highest BCUT2D eigenvalue weighted by Gasteiger charge is 2.16. The predicted molar refractivity (Wildman–Crippen MR) is 114 cm³/mol. The van der Waals surface area contributed by atoms with Crippen LogP contribution in [0.1, 0.15) is 21.5 Å². The Kier molecular flexibility index (Phi) is 5.16. The average molecular weight is 387 g/mol. The van der Waals surface area contributed by atoms with E-state index >= 15 is 0 Å². The molecule has 1 aliphatic rings. The van der Waals surface area contributed by atoms with Crippen LogP contribution >= 0.6 is 0 Å². The van der Waals surface area contributed by atoms with E-state index in [4.69, 9.17) is 4.74 Å². The van der Waals surface area contributed by atoms with E-state index in [9.17, 15) is 9.59 Å². The third kappa shape index (κ3) is 4.38. The van der Waals surface area contributed by atoms with E-state index in [0.717, 1.165) is 23.3 Å². The Bertz CT molecular complexity index is 1060. The summed E-state index contributed by atoms with van der Waals surface area (Å²) in [6.45, 7) is 2.55. The number of aryl methyl sites for hydroxylation is 1. The Balaban J connectivity index is 1.45. The second kappa shape index (κ2) is 8.06. The molecule has 3 N–H and O–H groups in total. The molecule has 0 radical (unpaired) electrons. The Labute approximate surface area is 168 Å². The molecule has 6 heteroatoms. The summed E-state index contributed by atoms with van der Waals surface area (Å²) in [6, 6.07) is 19.7. The first kappa shape index (κ1) is 18.6. The maximum atomic E-state index is 12.7. The summed E-state index contributed by atoms with van der Waals surface area (Å²) in [7, 11) is 0. The summed E-state index contributed by atoms with van der Waals surface area (Å²) in [6.07, 6.45) is 0.811. The van der Waals surface area contributed by atoms with Crippen LogP contribution in [0, 0.1) is 6.92 Å². The molecule has 146 valence electrons. The van der Waals surface area contributed by atoms with Crippen LogP contribution in [0.5, 0.6) is 5.75 Å². The summed E-state index contributed by atoms with van der Waals surface area (Å²) in [5, 5.41) is 8.48. The van der Waals surface area contributed by atoms with E-state index in [2.05, 4.69) is 16.0 Å². The van der Waals surface area contributed by atoms with Crippen molar-refractivity contribution in [3.8, 4) is 5.75 Å². The van der Waals surface area contributed by atoms with Crippen molar-refractivity contribution in [3.05, 3.63) is 83.4 Å². The molecule has 0 saturated carbocycles. The van der Waals surface area contributed by atoms with Crippen molar-refractivity contribution in [3.63, 3.8) is 0 Å². The van der Waals surface area contributed by atoms with Gasteiger partial charge < -0.3 is 20.7 Å². The fourth-order valence-corrected chi connectivity index (χ4v) is 3.17. The number of rotatable bonds is 4. The summed E-state index contributed by atoms with van der Waals surface area (Å²) in [4.78, 5) is 24.9. The molecule has 0 unspecified atom stereocenters. The molecule has 0 aliphatic carbocycles. The molecule has 1 aliphatic heterocycles. The normalized spacial score (nSPS) is 11.9. The van der Waals surface area contributed by atoms with E-state index in [1.54, 1.807) is 18.2 Å². The molecular weight excluding hydrogens is 366 g/mol. The van der Waals surface area contributed by atoms with E-state index in [-0.39, 0.29) is 11.9 Å². The number of ether oxygens (including phenoxy) is 1. The number of carbonyl (C=O) groups is 2. The molecule has 3 amide bonds. The van der Waals surface area contributed by atoms with Crippen LogP contribution in [0.2, 0.25) is 0 Å². The lowest BCUT2D eigenvalue weighted by Gasteiger charge is -2.13. The minimum atomic E-state index is -0.351. The Morgan fingerprint density at radius 1 is 0.862 bits per heavy atom. The standard InChI is InChI=1S/C23H21N3O3/c1-15-7-9-19(25-23(28)24-18-5-3-2-4-6-18)14-20(15)26-22(27)17-8-10-21-16(13-17)11-12-29-21/h2-10,13-14H,11-12H2,1H3,(H,26,27)(H2,24,25,28). The number of carbonyl (C=O) groups excluding carboxylic acids is 2. The van der Waals surface area contributed by atoms with Gasteiger partial charge in [0.2, 0.25) is 0 Å². The predicted octanol–water partition coefficient (Wildman–Crippen LogP) is 4.83. The molecule has 6 nitrogen and oxygen atoms in total. The smallest absolute Gasteiger partial charge is 0.323 e. The molecule has 3 aromatic carbocycles. The molecule has 0 aromatic heterocycles. The summed E-state index contributed by atoms with van der Waals surface area (Å²) < 4.78 is 5.49. The Hall–Kier alpha value is -3.80. The number of nitrogens with one attached hydrogen (secondary N) is 3. The molecule has 0 saturated heterocycles. The van der Waals surface area contributed by atoms with Crippen molar-refractivity contribution < 1.29 is 14.3 Å². The molecule has 4 rings (SSSR count). The maximum absolute atomic E-state index is 12.7. The number of anilines is 3. The van der Waals surface area contributed by atoms with Crippen molar-refractivity contribution in [2.24, 2.45) is 0 Å². The number of amides is 3. The van der Waals surface area contributed by atoms with Crippen LogP contribution in [0.25, 0.3) is 0 Å². The molecule has 0 atom stereocenters. The largest absolute Gasteiger partial charge is 0.493 e. The van der Waals surface area contributed by atoms with Gasteiger partial charge in [-0.2, -0.15) is 0 Å². The SMILES string of the molecule is Cc1ccc(NC(=O)Nc2ccccc2)cc1NC(=O)c1ccc2c(c1)CCO2. The summed E-state index contributed by atoms with van der Waals surface area (Å²) >= 11 is 0. The molecule has 3 aromatic rings. The van der Waals surface area contributed by atoms with Crippen molar-refractivity contribution >= 4 is 29.0 Å². The zero-order valence-corrected chi connectivity index (χ0v) is 16.0. The molecule has 0 bridgehead atoms. The van der Waals surface area contributed by atoms with E-state index in [1.807, 2.05) is 55.5 Å². The molecular formula is C23H21N3O3. The topological polar surface area (TPSA) is 79.5 Å². The fraction of sp³-hybridized carbons (Fsp3) is 0.130. The number of para-hydroxylation sites is 1. The second-order valence-electron chi connectivity index (χ2n) is 6.85. The van der Waals surface area contributed by atoms with Crippen LogP contribution in [-0.2, 0) is 6.42 Å². The van der Waals surface area contributed by atoms with Crippen LogP contribution in [0.4, 0.5) is 21.9 Å². The van der Waals surface area contributed by atoms with Crippen molar-refractivity contribution in [2.75, 3.05) is 22.6 Å². The molecule has 0 fully saturated rings. The zero-order chi connectivity index (χ0) is 20.2. The highest BCUT2D eigenvalue weighted by molar-refractivity contribution is 6.06. The lowest BCUT2D eigenvalue weighted by atomic mass is 10.1. The van der Waals surface area contributed by atoms with Crippen LogP contribution in [-0.4, -0.2) is 18.5 Å². The lowest BCUT2D eigenvalue weighted by Crippen LogP contribution is -2.19. The fourth-order valence-electron chi connectivity index (χ4n) is 3.17. The minimum absolute atomic E-state index is 0.200. The van der Waals surface area contributed by atoms with E-state index in [1.165, 1.54) is 0 Å². The molecule has 1 heterocycles. The maximum Gasteiger partial charge on any atom is 0.323 e. The Morgan fingerprint density at radius 3 is 2.48 bits per heavy atom. The third-order valence-corrected chi connectivity index (χ3v) is 4.73. The quantitative estimate of drug-likeness (QED) is 0.600. The highest BCUT2D eigenvalue weighted by atomic mass is 16.5. The second-order valence-corrected chi connectivity index (χ2v) is 6.85. The monoisotopic (exact) mass is 387 g/mol. The number of hydrogen-bond donors (Lipinski definition) is 3.